The van der Waals surface area contributed by atoms with Crippen molar-refractivity contribution in [2.24, 2.45) is 5.73 Å². The van der Waals surface area contributed by atoms with Crippen LogP contribution in [0, 0.1) is 0 Å². The van der Waals surface area contributed by atoms with Crippen LogP contribution in [0.5, 0.6) is 5.75 Å². The highest BCUT2D eigenvalue weighted by Gasteiger charge is 2.14. The summed E-state index contributed by atoms with van der Waals surface area (Å²) in [5, 5.41) is 23.1. The SMILES string of the molecule is CC(CCNCC(O)c1ccc(O)c(C(N)=O)c1)N(C)c1ccccc1. The highest BCUT2D eigenvalue weighted by Crippen LogP contribution is 2.22. The summed E-state index contributed by atoms with van der Waals surface area (Å²) in [5.41, 5.74) is 6.94. The molecule has 0 bridgehead atoms. The summed E-state index contributed by atoms with van der Waals surface area (Å²) in [6.07, 6.45) is 0.135. The van der Waals surface area contributed by atoms with Gasteiger partial charge in [-0.25, -0.2) is 0 Å². The predicted octanol–water partition coefficient (Wildman–Crippen LogP) is 2.03. The van der Waals surface area contributed by atoms with E-state index in [0.29, 0.717) is 18.2 Å². The molecule has 0 saturated heterocycles. The first kappa shape index (κ1) is 19.8. The van der Waals surface area contributed by atoms with Gasteiger partial charge in [-0.2, -0.15) is 0 Å². The summed E-state index contributed by atoms with van der Waals surface area (Å²) in [5.74, 6) is -0.901. The molecule has 0 aliphatic rings. The average molecular weight is 357 g/mol. The Balaban J connectivity index is 1.80. The fourth-order valence-electron chi connectivity index (χ4n) is 2.74. The van der Waals surface area contributed by atoms with Crippen LogP contribution in [0.4, 0.5) is 5.69 Å². The molecule has 2 rings (SSSR count). The zero-order valence-corrected chi connectivity index (χ0v) is 15.2. The van der Waals surface area contributed by atoms with Crippen molar-refractivity contribution in [1.29, 1.82) is 0 Å². The first-order chi connectivity index (χ1) is 12.4. The van der Waals surface area contributed by atoms with E-state index in [1.807, 2.05) is 18.2 Å². The fraction of sp³-hybridized carbons (Fsp3) is 0.350. The van der Waals surface area contributed by atoms with E-state index in [4.69, 9.17) is 5.73 Å². The van der Waals surface area contributed by atoms with Crippen LogP contribution < -0.4 is 16.0 Å². The zero-order valence-electron chi connectivity index (χ0n) is 15.2. The van der Waals surface area contributed by atoms with E-state index in [-0.39, 0.29) is 11.3 Å². The predicted molar refractivity (Wildman–Crippen MR) is 103 cm³/mol. The van der Waals surface area contributed by atoms with Gasteiger partial charge in [-0.05, 0) is 49.7 Å². The van der Waals surface area contributed by atoms with Gasteiger partial charge in [-0.1, -0.05) is 24.3 Å². The minimum Gasteiger partial charge on any atom is -0.507 e. The van der Waals surface area contributed by atoms with E-state index in [0.717, 1.165) is 13.0 Å². The molecule has 2 aromatic rings. The number of carbonyl (C=O) groups is 1. The molecule has 0 heterocycles. The van der Waals surface area contributed by atoms with E-state index < -0.39 is 12.0 Å². The largest absolute Gasteiger partial charge is 0.507 e. The first-order valence-electron chi connectivity index (χ1n) is 8.69. The molecule has 0 fully saturated rings. The Morgan fingerprint density at radius 2 is 1.92 bits per heavy atom. The van der Waals surface area contributed by atoms with Crippen LogP contribution in [-0.2, 0) is 0 Å². The molecule has 2 aromatic carbocycles. The monoisotopic (exact) mass is 357 g/mol. The number of aliphatic hydroxyl groups is 1. The van der Waals surface area contributed by atoms with E-state index in [1.54, 1.807) is 6.07 Å². The number of rotatable bonds is 9. The standard InChI is InChI=1S/C20H27N3O3/c1-14(23(2)16-6-4-3-5-7-16)10-11-22-13-19(25)15-8-9-18(24)17(12-15)20(21)26/h3-9,12,14,19,22,24-25H,10-11,13H2,1-2H3,(H2,21,26). The van der Waals surface area contributed by atoms with Crippen LogP contribution in [0.25, 0.3) is 0 Å². The van der Waals surface area contributed by atoms with Gasteiger partial charge in [0.25, 0.3) is 5.91 Å². The molecule has 0 aromatic heterocycles. The van der Waals surface area contributed by atoms with Gasteiger partial charge in [-0.15, -0.1) is 0 Å². The third-order valence-corrected chi connectivity index (χ3v) is 4.57. The zero-order chi connectivity index (χ0) is 19.1. The average Bonchev–Trinajstić information content (AvgIpc) is 2.65. The molecule has 1 amide bonds. The first-order valence-corrected chi connectivity index (χ1v) is 8.69. The van der Waals surface area contributed by atoms with Crippen molar-refractivity contribution in [3.05, 3.63) is 59.7 Å². The second-order valence-electron chi connectivity index (χ2n) is 6.44. The quantitative estimate of drug-likeness (QED) is 0.515. The van der Waals surface area contributed by atoms with Crippen LogP contribution >= 0.6 is 0 Å². The number of hydrogen-bond acceptors (Lipinski definition) is 5. The summed E-state index contributed by atoms with van der Waals surface area (Å²) >= 11 is 0. The Morgan fingerprint density at radius 1 is 1.23 bits per heavy atom. The van der Waals surface area contributed by atoms with Gasteiger partial charge in [0.15, 0.2) is 0 Å². The number of primary amides is 1. The number of aromatic hydroxyl groups is 1. The maximum Gasteiger partial charge on any atom is 0.252 e. The molecule has 6 heteroatoms. The fourth-order valence-corrected chi connectivity index (χ4v) is 2.74. The van der Waals surface area contributed by atoms with Gasteiger partial charge in [0.05, 0.1) is 11.7 Å². The number of para-hydroxylation sites is 1. The Hall–Kier alpha value is -2.57. The number of amides is 1. The summed E-state index contributed by atoms with van der Waals surface area (Å²) in [7, 11) is 2.07. The summed E-state index contributed by atoms with van der Waals surface area (Å²) in [6, 6.07) is 14.9. The molecule has 0 radical (unpaired) electrons. The van der Waals surface area contributed by atoms with Crippen LogP contribution in [-0.4, -0.2) is 42.3 Å². The number of carbonyl (C=O) groups excluding carboxylic acids is 1. The molecule has 140 valence electrons. The molecule has 26 heavy (non-hydrogen) atoms. The number of nitrogens with two attached hydrogens (primary N) is 1. The highest BCUT2D eigenvalue weighted by molar-refractivity contribution is 5.95. The van der Waals surface area contributed by atoms with Crippen LogP contribution in [0.15, 0.2) is 48.5 Å². The third kappa shape index (κ3) is 5.21. The van der Waals surface area contributed by atoms with Gasteiger partial charge in [0.2, 0.25) is 0 Å². The van der Waals surface area contributed by atoms with Gasteiger partial charge >= 0.3 is 0 Å². The van der Waals surface area contributed by atoms with Crippen LogP contribution in [0.2, 0.25) is 0 Å². The normalized spacial score (nSPS) is 13.2. The van der Waals surface area contributed by atoms with Crippen molar-refractivity contribution in [2.75, 3.05) is 25.0 Å². The Kier molecular flexibility index (Phi) is 7.00. The third-order valence-electron chi connectivity index (χ3n) is 4.57. The summed E-state index contributed by atoms with van der Waals surface area (Å²) < 4.78 is 0. The lowest BCUT2D eigenvalue weighted by molar-refractivity contribution is 0.0997. The van der Waals surface area contributed by atoms with E-state index in [2.05, 4.69) is 36.3 Å². The number of anilines is 1. The molecule has 0 saturated carbocycles. The summed E-state index contributed by atoms with van der Waals surface area (Å²) in [6.45, 7) is 3.26. The van der Waals surface area contributed by atoms with Gasteiger partial charge < -0.3 is 26.2 Å². The molecule has 2 atom stereocenters. The second kappa shape index (κ2) is 9.22. The number of nitrogens with one attached hydrogen (secondary N) is 1. The highest BCUT2D eigenvalue weighted by atomic mass is 16.3. The van der Waals surface area contributed by atoms with E-state index in [9.17, 15) is 15.0 Å². The van der Waals surface area contributed by atoms with Crippen molar-refractivity contribution in [1.82, 2.24) is 5.32 Å². The molecule has 0 aliphatic heterocycles. The number of hydrogen-bond donors (Lipinski definition) is 4. The molecular weight excluding hydrogens is 330 g/mol. The van der Waals surface area contributed by atoms with Gasteiger partial charge in [-0.3, -0.25) is 4.79 Å². The van der Waals surface area contributed by atoms with Crippen molar-refractivity contribution >= 4 is 11.6 Å². The number of phenols is 1. The van der Waals surface area contributed by atoms with Crippen LogP contribution in [0.3, 0.4) is 0 Å². The molecular formula is C20H27N3O3. The minimum absolute atomic E-state index is 0.0136. The molecule has 0 spiro atoms. The molecule has 6 nitrogen and oxygen atoms in total. The number of benzene rings is 2. The molecule has 5 N–H and O–H groups in total. The topological polar surface area (TPSA) is 98.8 Å². The van der Waals surface area contributed by atoms with E-state index >= 15 is 0 Å². The Morgan fingerprint density at radius 3 is 2.58 bits per heavy atom. The number of nitrogens with zero attached hydrogens (tertiary/aromatic N) is 1. The van der Waals surface area contributed by atoms with E-state index in [1.165, 1.54) is 17.8 Å². The Bertz CT molecular complexity index is 721. The van der Waals surface area contributed by atoms with Gasteiger partial charge in [0, 0.05) is 25.3 Å². The Labute approximate surface area is 154 Å². The maximum atomic E-state index is 11.3. The van der Waals surface area contributed by atoms with Crippen molar-refractivity contribution in [3.63, 3.8) is 0 Å². The summed E-state index contributed by atoms with van der Waals surface area (Å²) in [4.78, 5) is 13.5. The molecule has 0 aliphatic carbocycles. The minimum atomic E-state index is -0.782. The lowest BCUT2D eigenvalue weighted by Crippen LogP contribution is -2.33. The van der Waals surface area contributed by atoms with Crippen molar-refractivity contribution < 1.29 is 15.0 Å². The lowest BCUT2D eigenvalue weighted by atomic mass is 10.0. The maximum absolute atomic E-state index is 11.3. The van der Waals surface area contributed by atoms with Crippen LogP contribution in [0.1, 0.15) is 35.4 Å². The van der Waals surface area contributed by atoms with Gasteiger partial charge in [0.1, 0.15) is 5.75 Å². The lowest BCUT2D eigenvalue weighted by Gasteiger charge is -2.27. The number of aliphatic hydroxyl groups excluding tert-OH is 1. The van der Waals surface area contributed by atoms with Crippen molar-refractivity contribution in [2.45, 2.75) is 25.5 Å². The second-order valence-corrected chi connectivity index (χ2v) is 6.44. The smallest absolute Gasteiger partial charge is 0.252 e. The van der Waals surface area contributed by atoms with Crippen molar-refractivity contribution in [3.8, 4) is 5.75 Å². The molecule has 2 unspecified atom stereocenters.